The summed E-state index contributed by atoms with van der Waals surface area (Å²) in [5.74, 6) is 0.165. The van der Waals surface area contributed by atoms with Crippen molar-refractivity contribution in [2.75, 3.05) is 11.4 Å². The van der Waals surface area contributed by atoms with Gasteiger partial charge in [-0.1, -0.05) is 31.9 Å². The highest BCUT2D eigenvalue weighted by Gasteiger charge is 2.30. The van der Waals surface area contributed by atoms with Gasteiger partial charge in [-0.15, -0.1) is 0 Å². The molecular formula is C10H9Br2NO2. The predicted octanol–water partition coefficient (Wildman–Crippen LogP) is 2.65. The normalized spacial score (nSPS) is 21.1. The molecule has 1 atom stereocenters. The standard InChI is InChI=1S/C10H9Br2NO2/c11-6-1-2-9(14)8(3-6)13-5-7(12)4-10(13)15/h1-3,7,14H,4-5H2. The van der Waals surface area contributed by atoms with Crippen molar-refractivity contribution in [2.24, 2.45) is 0 Å². The van der Waals surface area contributed by atoms with Gasteiger partial charge in [0.1, 0.15) is 5.75 Å². The molecule has 0 saturated carbocycles. The summed E-state index contributed by atoms with van der Waals surface area (Å²) in [5.41, 5.74) is 0.566. The van der Waals surface area contributed by atoms with Crippen LogP contribution in [0.2, 0.25) is 0 Å². The topological polar surface area (TPSA) is 40.5 Å². The second kappa shape index (κ2) is 4.14. The van der Waals surface area contributed by atoms with E-state index in [4.69, 9.17) is 0 Å². The van der Waals surface area contributed by atoms with E-state index >= 15 is 0 Å². The quantitative estimate of drug-likeness (QED) is 0.802. The molecule has 5 heteroatoms. The largest absolute Gasteiger partial charge is 0.506 e. The van der Waals surface area contributed by atoms with Crippen molar-refractivity contribution in [1.82, 2.24) is 0 Å². The van der Waals surface area contributed by atoms with Crippen LogP contribution in [0.1, 0.15) is 6.42 Å². The van der Waals surface area contributed by atoms with Crippen molar-refractivity contribution in [3.8, 4) is 5.75 Å². The Morgan fingerprint density at radius 2 is 2.20 bits per heavy atom. The van der Waals surface area contributed by atoms with E-state index in [1.165, 1.54) is 0 Å². The number of rotatable bonds is 1. The first-order valence-electron chi connectivity index (χ1n) is 4.51. The molecule has 1 aliphatic rings. The Bertz CT molecular complexity index is 408. The predicted molar refractivity (Wildman–Crippen MR) is 65.5 cm³/mol. The monoisotopic (exact) mass is 333 g/mol. The molecule has 0 bridgehead atoms. The molecule has 1 fully saturated rings. The maximum absolute atomic E-state index is 11.6. The van der Waals surface area contributed by atoms with Crippen LogP contribution in [0, 0.1) is 0 Å². The fourth-order valence-corrected chi connectivity index (χ4v) is 2.53. The van der Waals surface area contributed by atoms with Crippen LogP contribution < -0.4 is 4.90 Å². The molecule has 1 aromatic carbocycles. The fourth-order valence-electron chi connectivity index (χ4n) is 1.61. The van der Waals surface area contributed by atoms with E-state index in [0.717, 1.165) is 4.47 Å². The zero-order valence-corrected chi connectivity index (χ0v) is 11.0. The number of carbonyl (C=O) groups excluding carboxylic acids is 1. The molecule has 15 heavy (non-hydrogen) atoms. The number of alkyl halides is 1. The molecule has 0 aromatic heterocycles. The number of phenolic OH excluding ortho intramolecular Hbond substituents is 1. The number of anilines is 1. The molecule has 3 nitrogen and oxygen atoms in total. The van der Waals surface area contributed by atoms with Crippen molar-refractivity contribution in [2.45, 2.75) is 11.2 Å². The first-order valence-corrected chi connectivity index (χ1v) is 6.22. The van der Waals surface area contributed by atoms with Crippen LogP contribution in [-0.2, 0) is 4.79 Å². The summed E-state index contributed by atoms with van der Waals surface area (Å²) in [4.78, 5) is 13.4. The highest BCUT2D eigenvalue weighted by atomic mass is 79.9. The molecular weight excluding hydrogens is 326 g/mol. The zero-order valence-electron chi connectivity index (χ0n) is 7.78. The van der Waals surface area contributed by atoms with Gasteiger partial charge in [0.15, 0.2) is 0 Å². The van der Waals surface area contributed by atoms with Crippen molar-refractivity contribution in [1.29, 1.82) is 0 Å². The van der Waals surface area contributed by atoms with Crippen molar-refractivity contribution >= 4 is 43.5 Å². The average molecular weight is 335 g/mol. The first-order chi connectivity index (χ1) is 7.08. The highest BCUT2D eigenvalue weighted by Crippen LogP contribution is 2.34. The second-order valence-electron chi connectivity index (χ2n) is 3.44. The van der Waals surface area contributed by atoms with E-state index in [-0.39, 0.29) is 16.5 Å². The van der Waals surface area contributed by atoms with Crippen LogP contribution in [0.5, 0.6) is 5.75 Å². The van der Waals surface area contributed by atoms with Gasteiger partial charge >= 0.3 is 0 Å². The third-order valence-electron chi connectivity index (χ3n) is 2.31. The van der Waals surface area contributed by atoms with Gasteiger partial charge < -0.3 is 10.0 Å². The van der Waals surface area contributed by atoms with Crippen molar-refractivity contribution in [3.05, 3.63) is 22.7 Å². The second-order valence-corrected chi connectivity index (χ2v) is 5.65. The molecule has 0 aliphatic carbocycles. The number of benzene rings is 1. The summed E-state index contributed by atoms with van der Waals surface area (Å²) < 4.78 is 0.848. The zero-order chi connectivity index (χ0) is 11.0. The number of nitrogens with zero attached hydrogens (tertiary/aromatic N) is 1. The van der Waals surface area contributed by atoms with E-state index < -0.39 is 0 Å². The van der Waals surface area contributed by atoms with E-state index in [9.17, 15) is 9.90 Å². The van der Waals surface area contributed by atoms with Crippen molar-refractivity contribution < 1.29 is 9.90 Å². The number of hydrogen-bond donors (Lipinski definition) is 1. The minimum Gasteiger partial charge on any atom is -0.506 e. The lowest BCUT2D eigenvalue weighted by atomic mass is 10.2. The number of carbonyl (C=O) groups is 1. The van der Waals surface area contributed by atoms with Gasteiger partial charge in [0.25, 0.3) is 0 Å². The lowest BCUT2D eigenvalue weighted by molar-refractivity contribution is -0.117. The molecule has 1 aliphatic heterocycles. The van der Waals surface area contributed by atoms with Crippen LogP contribution in [0.15, 0.2) is 22.7 Å². The Morgan fingerprint density at radius 1 is 1.47 bits per heavy atom. The number of amides is 1. The Hall–Kier alpha value is -0.550. The molecule has 1 N–H and O–H groups in total. The smallest absolute Gasteiger partial charge is 0.228 e. The van der Waals surface area contributed by atoms with Crippen LogP contribution in [0.4, 0.5) is 5.69 Å². The molecule has 2 rings (SSSR count). The minimum absolute atomic E-state index is 0.0327. The summed E-state index contributed by atoms with van der Waals surface area (Å²) in [6.45, 7) is 0.600. The SMILES string of the molecule is O=C1CC(Br)CN1c1cc(Br)ccc1O. The Balaban J connectivity index is 2.37. The lowest BCUT2D eigenvalue weighted by Gasteiger charge is -2.17. The molecule has 0 spiro atoms. The summed E-state index contributed by atoms with van der Waals surface area (Å²) in [5, 5.41) is 9.67. The lowest BCUT2D eigenvalue weighted by Crippen LogP contribution is -2.24. The molecule has 0 radical (unpaired) electrons. The highest BCUT2D eigenvalue weighted by molar-refractivity contribution is 9.10. The molecule has 1 unspecified atom stereocenters. The van der Waals surface area contributed by atoms with Crippen molar-refractivity contribution in [3.63, 3.8) is 0 Å². The van der Waals surface area contributed by atoms with Crippen LogP contribution in [-0.4, -0.2) is 22.4 Å². The van der Waals surface area contributed by atoms with Gasteiger partial charge in [-0.25, -0.2) is 0 Å². The van der Waals surface area contributed by atoms with Crippen LogP contribution >= 0.6 is 31.9 Å². The van der Waals surface area contributed by atoms with Gasteiger partial charge in [0.2, 0.25) is 5.91 Å². The van der Waals surface area contributed by atoms with Gasteiger partial charge in [0, 0.05) is 22.3 Å². The summed E-state index contributed by atoms with van der Waals surface area (Å²) in [6, 6.07) is 5.07. The summed E-state index contributed by atoms with van der Waals surface area (Å²) >= 11 is 6.72. The first kappa shape index (κ1) is 11.0. The molecule has 1 saturated heterocycles. The molecule has 1 aromatic rings. The van der Waals surface area contributed by atoms with Crippen LogP contribution in [0.3, 0.4) is 0 Å². The number of aromatic hydroxyl groups is 1. The Labute approximate surface area is 104 Å². The Morgan fingerprint density at radius 3 is 2.80 bits per heavy atom. The number of hydrogen-bond acceptors (Lipinski definition) is 2. The van der Waals surface area contributed by atoms with Gasteiger partial charge in [-0.05, 0) is 18.2 Å². The Kier molecular flexibility index (Phi) is 3.02. The fraction of sp³-hybridized carbons (Fsp3) is 0.300. The van der Waals surface area contributed by atoms with E-state index in [1.807, 2.05) is 0 Å². The van der Waals surface area contributed by atoms with Gasteiger partial charge in [0.05, 0.1) is 5.69 Å². The minimum atomic E-state index is 0.0327. The van der Waals surface area contributed by atoms with E-state index in [0.29, 0.717) is 18.7 Å². The third-order valence-corrected chi connectivity index (χ3v) is 3.41. The maximum atomic E-state index is 11.6. The van der Waals surface area contributed by atoms with Gasteiger partial charge in [-0.3, -0.25) is 4.79 Å². The molecule has 1 amide bonds. The van der Waals surface area contributed by atoms with E-state index in [2.05, 4.69) is 31.9 Å². The summed E-state index contributed by atoms with van der Waals surface area (Å²) in [7, 11) is 0. The molecule has 1 heterocycles. The third kappa shape index (κ3) is 2.18. The summed E-state index contributed by atoms with van der Waals surface area (Å²) in [6.07, 6.45) is 0.478. The van der Waals surface area contributed by atoms with E-state index in [1.54, 1.807) is 23.1 Å². The average Bonchev–Trinajstić information content (AvgIpc) is 2.50. The maximum Gasteiger partial charge on any atom is 0.228 e. The number of halogens is 2. The number of phenols is 1. The van der Waals surface area contributed by atoms with Crippen LogP contribution in [0.25, 0.3) is 0 Å². The molecule has 80 valence electrons. The van der Waals surface area contributed by atoms with Gasteiger partial charge in [-0.2, -0.15) is 0 Å².